The van der Waals surface area contributed by atoms with Crippen molar-refractivity contribution in [3.05, 3.63) is 0 Å². The molecule has 0 rings (SSSR count). The summed E-state index contributed by atoms with van der Waals surface area (Å²) in [4.78, 5) is 21.6. The highest BCUT2D eigenvalue weighted by Gasteiger charge is 2.41. The largest absolute Gasteiger partial charge is 0.480 e. The summed E-state index contributed by atoms with van der Waals surface area (Å²) in [7, 11) is -1.88. The number of ketones is 1. The van der Waals surface area contributed by atoms with Crippen molar-refractivity contribution in [3.63, 3.8) is 0 Å². The first kappa shape index (κ1) is 13.2. The fraction of sp³-hybridized carbons (Fsp3) is 0.714. The molecule has 0 fully saturated rings. The lowest BCUT2D eigenvalue weighted by atomic mass is 9.93. The Balaban J connectivity index is 4.47. The third-order valence-electron chi connectivity index (χ3n) is 1.92. The molecule has 0 saturated carbocycles. The van der Waals surface area contributed by atoms with Crippen LogP contribution in [-0.2, 0) is 14.2 Å². The molecule has 0 aromatic carbocycles. The molecule has 80 valence electrons. The Kier molecular flexibility index (Phi) is 4.83. The van der Waals surface area contributed by atoms with Crippen molar-refractivity contribution < 1.29 is 24.4 Å². The molecule has 7 heteroatoms. The summed E-state index contributed by atoms with van der Waals surface area (Å²) in [5, 5.41) is 17.1. The molecule has 0 aromatic heterocycles. The van der Waals surface area contributed by atoms with E-state index >= 15 is 0 Å². The first-order chi connectivity index (χ1) is 6.34. The van der Waals surface area contributed by atoms with Crippen LogP contribution in [0.15, 0.2) is 0 Å². The fourth-order valence-corrected chi connectivity index (χ4v) is 1.55. The number of aliphatic hydroxyl groups is 1. The molecule has 2 atom stereocenters. The SMILES string of the molecule is CC(=O)C(N)(CC[P+](=O)CO)C(=O)O. The van der Waals surface area contributed by atoms with Crippen molar-refractivity contribution in [2.24, 2.45) is 5.73 Å². The zero-order chi connectivity index (χ0) is 11.4. The van der Waals surface area contributed by atoms with Gasteiger partial charge in [0.15, 0.2) is 17.5 Å². The Labute approximate surface area is 81.9 Å². The predicted molar refractivity (Wildman–Crippen MR) is 49.4 cm³/mol. The Hall–Kier alpha value is -0.840. The molecular weight excluding hydrogens is 209 g/mol. The van der Waals surface area contributed by atoms with Crippen molar-refractivity contribution in [2.75, 3.05) is 12.5 Å². The normalized spacial score (nSPS) is 15.8. The van der Waals surface area contributed by atoms with E-state index in [0.717, 1.165) is 6.92 Å². The maximum Gasteiger partial charge on any atom is 0.366 e. The van der Waals surface area contributed by atoms with Gasteiger partial charge in [-0.05, 0) is 6.92 Å². The number of aliphatic hydroxyl groups excluding tert-OH is 1. The molecule has 0 radical (unpaired) electrons. The molecule has 0 amide bonds. The lowest BCUT2D eigenvalue weighted by Crippen LogP contribution is -2.54. The first-order valence-corrected chi connectivity index (χ1v) is 5.54. The van der Waals surface area contributed by atoms with Gasteiger partial charge >= 0.3 is 13.8 Å². The van der Waals surface area contributed by atoms with Gasteiger partial charge in [-0.25, -0.2) is 4.79 Å². The fourth-order valence-electron chi connectivity index (χ4n) is 0.805. The molecule has 0 spiro atoms. The number of carboxylic acids is 1. The molecule has 14 heavy (non-hydrogen) atoms. The lowest BCUT2D eigenvalue weighted by Gasteiger charge is -2.18. The van der Waals surface area contributed by atoms with Crippen LogP contribution in [0, 0.1) is 0 Å². The van der Waals surface area contributed by atoms with E-state index in [-0.39, 0.29) is 12.6 Å². The van der Waals surface area contributed by atoms with E-state index in [1.165, 1.54) is 0 Å². The van der Waals surface area contributed by atoms with Crippen molar-refractivity contribution in [3.8, 4) is 0 Å². The van der Waals surface area contributed by atoms with Crippen LogP contribution in [0.3, 0.4) is 0 Å². The first-order valence-electron chi connectivity index (χ1n) is 3.91. The Morgan fingerprint density at radius 3 is 2.29 bits per heavy atom. The van der Waals surface area contributed by atoms with E-state index in [0.29, 0.717) is 0 Å². The molecule has 0 aliphatic carbocycles. The second-order valence-corrected chi connectivity index (χ2v) is 4.62. The van der Waals surface area contributed by atoms with E-state index in [1.807, 2.05) is 0 Å². The predicted octanol–water partition coefficient (Wildman–Crippen LogP) is -0.475. The van der Waals surface area contributed by atoms with Crippen LogP contribution in [0.2, 0.25) is 0 Å². The van der Waals surface area contributed by atoms with Crippen LogP contribution in [-0.4, -0.2) is 40.0 Å². The summed E-state index contributed by atoms with van der Waals surface area (Å²) < 4.78 is 10.8. The smallest absolute Gasteiger partial charge is 0.366 e. The lowest BCUT2D eigenvalue weighted by molar-refractivity contribution is -0.147. The van der Waals surface area contributed by atoms with Crippen molar-refractivity contribution in [1.29, 1.82) is 0 Å². The van der Waals surface area contributed by atoms with Gasteiger partial charge in [0.1, 0.15) is 0 Å². The summed E-state index contributed by atoms with van der Waals surface area (Å²) in [6.45, 7) is 1.07. The van der Waals surface area contributed by atoms with Gasteiger partial charge in [-0.1, -0.05) is 4.57 Å². The van der Waals surface area contributed by atoms with E-state index < -0.39 is 31.4 Å². The molecule has 2 unspecified atom stereocenters. The minimum absolute atomic E-state index is 0.0752. The van der Waals surface area contributed by atoms with Crippen LogP contribution in [0.5, 0.6) is 0 Å². The van der Waals surface area contributed by atoms with Crippen LogP contribution in [0.25, 0.3) is 0 Å². The van der Waals surface area contributed by atoms with E-state index in [4.69, 9.17) is 15.9 Å². The van der Waals surface area contributed by atoms with Gasteiger partial charge in [-0.3, -0.25) is 4.79 Å². The van der Waals surface area contributed by atoms with Gasteiger partial charge in [0, 0.05) is 6.42 Å². The molecule has 0 aromatic rings. The monoisotopic (exact) mass is 222 g/mol. The number of carbonyl (C=O) groups excluding carboxylic acids is 1. The van der Waals surface area contributed by atoms with Gasteiger partial charge < -0.3 is 15.9 Å². The zero-order valence-corrected chi connectivity index (χ0v) is 8.66. The number of carbonyl (C=O) groups is 2. The van der Waals surface area contributed by atoms with Crippen molar-refractivity contribution in [1.82, 2.24) is 0 Å². The standard InChI is InChI=1S/C7H12NO5P/c1-5(10)7(8,6(11)12)2-3-14(13)4-9/h9H,2-4,8H2,1H3/p+1. The minimum atomic E-state index is -1.99. The molecular formula is C7H13NO5P+. The third kappa shape index (κ3) is 3.14. The van der Waals surface area contributed by atoms with Crippen LogP contribution in [0.1, 0.15) is 13.3 Å². The van der Waals surface area contributed by atoms with Crippen molar-refractivity contribution >= 4 is 19.6 Å². The average Bonchev–Trinajstić information content (AvgIpc) is 2.12. The van der Waals surface area contributed by atoms with Gasteiger partial charge in [-0.15, -0.1) is 0 Å². The summed E-state index contributed by atoms with van der Waals surface area (Å²) in [6, 6.07) is 0. The van der Waals surface area contributed by atoms with E-state index in [1.54, 1.807) is 0 Å². The molecule has 4 N–H and O–H groups in total. The molecule has 0 aliphatic rings. The maximum absolute atomic E-state index is 10.9. The number of hydrogen-bond acceptors (Lipinski definition) is 5. The molecule has 6 nitrogen and oxygen atoms in total. The second-order valence-electron chi connectivity index (χ2n) is 2.93. The Bertz CT molecular complexity index is 251. The number of hydrogen-bond donors (Lipinski definition) is 3. The molecule has 0 heterocycles. The molecule has 0 aliphatic heterocycles. The van der Waals surface area contributed by atoms with Crippen LogP contribution in [0.4, 0.5) is 0 Å². The van der Waals surface area contributed by atoms with Gasteiger partial charge in [0.25, 0.3) is 0 Å². The second kappa shape index (κ2) is 5.14. The zero-order valence-electron chi connectivity index (χ0n) is 7.77. The van der Waals surface area contributed by atoms with Crippen LogP contribution >= 0.6 is 7.80 Å². The Morgan fingerprint density at radius 2 is 2.00 bits per heavy atom. The number of aliphatic carboxylic acids is 1. The molecule has 0 bridgehead atoms. The number of carboxylic acid groups (broad SMARTS) is 1. The highest BCUT2D eigenvalue weighted by atomic mass is 31.1. The number of nitrogens with two attached hydrogens (primary N) is 1. The van der Waals surface area contributed by atoms with E-state index in [9.17, 15) is 14.2 Å². The number of rotatable bonds is 6. The van der Waals surface area contributed by atoms with E-state index in [2.05, 4.69) is 0 Å². The summed E-state index contributed by atoms with van der Waals surface area (Å²) in [6.07, 6.45) is -0.829. The minimum Gasteiger partial charge on any atom is -0.480 e. The highest BCUT2D eigenvalue weighted by Crippen LogP contribution is 2.23. The van der Waals surface area contributed by atoms with Gasteiger partial charge in [-0.2, -0.15) is 0 Å². The van der Waals surface area contributed by atoms with Crippen LogP contribution < -0.4 is 5.73 Å². The van der Waals surface area contributed by atoms with Crippen molar-refractivity contribution in [2.45, 2.75) is 18.9 Å². The average molecular weight is 222 g/mol. The topological polar surface area (TPSA) is 118 Å². The molecule has 0 saturated heterocycles. The summed E-state index contributed by atoms with van der Waals surface area (Å²) >= 11 is 0. The highest BCUT2D eigenvalue weighted by molar-refractivity contribution is 7.44. The summed E-state index contributed by atoms with van der Waals surface area (Å²) in [5.41, 5.74) is 3.34. The third-order valence-corrected chi connectivity index (χ3v) is 2.96. The van der Waals surface area contributed by atoms with Gasteiger partial charge in [0.2, 0.25) is 6.35 Å². The number of Topliss-reactive ketones (excluding diaryl/α,β-unsaturated/α-hetero) is 1. The summed E-state index contributed by atoms with van der Waals surface area (Å²) in [5.74, 6) is -2.13. The quantitative estimate of drug-likeness (QED) is 0.413. The Morgan fingerprint density at radius 1 is 1.50 bits per heavy atom. The van der Waals surface area contributed by atoms with Gasteiger partial charge in [0.05, 0.1) is 0 Å². The maximum atomic E-state index is 10.9.